The van der Waals surface area contributed by atoms with Gasteiger partial charge in [-0.25, -0.2) is 4.98 Å². The second kappa shape index (κ2) is 6.00. The number of amides is 1. The van der Waals surface area contributed by atoms with Gasteiger partial charge in [0.05, 0.1) is 18.6 Å². The number of hydrogen-bond donors (Lipinski definition) is 2. The number of benzene rings is 1. The summed E-state index contributed by atoms with van der Waals surface area (Å²) >= 11 is 0. The predicted molar refractivity (Wildman–Crippen MR) is 69.9 cm³/mol. The van der Waals surface area contributed by atoms with Crippen molar-refractivity contribution in [1.82, 2.24) is 15.3 Å². The number of rotatable bonds is 5. The molecule has 1 heterocycles. The minimum atomic E-state index is 0.0603. The van der Waals surface area contributed by atoms with Crippen molar-refractivity contribution in [2.24, 2.45) is 0 Å². The maximum Gasteiger partial charge on any atom is 0.220 e. The molecule has 0 aliphatic heterocycles. The molecule has 1 aromatic heterocycles. The number of nitrogens with one attached hydrogen (secondary N) is 2. The van der Waals surface area contributed by atoms with Crippen molar-refractivity contribution in [3.05, 3.63) is 53.6 Å². The van der Waals surface area contributed by atoms with Crippen LogP contribution in [0.1, 0.15) is 23.2 Å². The quantitative estimate of drug-likeness (QED) is 0.843. The Morgan fingerprint density at radius 2 is 2.11 bits per heavy atom. The molecule has 0 bridgehead atoms. The zero-order valence-corrected chi connectivity index (χ0v) is 10.4. The highest BCUT2D eigenvalue weighted by Gasteiger charge is 2.02. The van der Waals surface area contributed by atoms with E-state index in [1.165, 1.54) is 11.1 Å². The summed E-state index contributed by atoms with van der Waals surface area (Å²) in [5.41, 5.74) is 3.35. The number of carbonyl (C=O) groups is 1. The molecule has 0 unspecified atom stereocenters. The van der Waals surface area contributed by atoms with Crippen molar-refractivity contribution >= 4 is 5.91 Å². The van der Waals surface area contributed by atoms with Crippen LogP contribution in [-0.2, 0) is 17.8 Å². The Balaban J connectivity index is 1.73. The summed E-state index contributed by atoms with van der Waals surface area (Å²) in [7, 11) is 0. The first kappa shape index (κ1) is 12.4. The van der Waals surface area contributed by atoms with Gasteiger partial charge in [-0.3, -0.25) is 4.79 Å². The molecule has 2 rings (SSSR count). The molecule has 0 fully saturated rings. The number of hydrogen-bond acceptors (Lipinski definition) is 2. The van der Waals surface area contributed by atoms with E-state index in [-0.39, 0.29) is 5.91 Å². The van der Waals surface area contributed by atoms with Crippen molar-refractivity contribution in [3.63, 3.8) is 0 Å². The summed E-state index contributed by atoms with van der Waals surface area (Å²) in [6, 6.07) is 8.27. The highest BCUT2D eigenvalue weighted by atomic mass is 16.1. The summed E-state index contributed by atoms with van der Waals surface area (Å²) in [6.45, 7) is 2.56. The predicted octanol–water partition coefficient (Wildman–Crippen LogP) is 1.97. The first-order chi connectivity index (χ1) is 8.74. The average Bonchev–Trinajstić information content (AvgIpc) is 2.89. The lowest BCUT2D eigenvalue weighted by Crippen LogP contribution is -2.23. The van der Waals surface area contributed by atoms with Crippen LogP contribution in [0.15, 0.2) is 36.8 Å². The molecule has 2 aromatic rings. The van der Waals surface area contributed by atoms with E-state index in [4.69, 9.17) is 0 Å². The fourth-order valence-electron chi connectivity index (χ4n) is 1.68. The molecule has 0 saturated carbocycles. The van der Waals surface area contributed by atoms with Crippen LogP contribution in [-0.4, -0.2) is 15.9 Å². The van der Waals surface area contributed by atoms with Crippen LogP contribution >= 0.6 is 0 Å². The second-order valence-electron chi connectivity index (χ2n) is 4.34. The summed E-state index contributed by atoms with van der Waals surface area (Å²) in [6.07, 6.45) is 4.60. The number of H-pyrrole nitrogens is 1. The molecule has 0 aliphatic rings. The van der Waals surface area contributed by atoms with Gasteiger partial charge in [-0.05, 0) is 18.9 Å². The Kier molecular flexibility index (Phi) is 4.12. The van der Waals surface area contributed by atoms with Crippen molar-refractivity contribution in [1.29, 1.82) is 0 Å². The molecule has 0 atom stereocenters. The molecule has 4 heteroatoms. The van der Waals surface area contributed by atoms with Gasteiger partial charge in [0.1, 0.15) is 0 Å². The summed E-state index contributed by atoms with van der Waals surface area (Å²) in [4.78, 5) is 18.5. The summed E-state index contributed by atoms with van der Waals surface area (Å²) in [5.74, 6) is 0.0603. The molecule has 0 spiro atoms. The van der Waals surface area contributed by atoms with E-state index in [0.29, 0.717) is 13.0 Å². The van der Waals surface area contributed by atoms with Gasteiger partial charge in [0.2, 0.25) is 5.91 Å². The maximum absolute atomic E-state index is 11.6. The molecule has 2 N–H and O–H groups in total. The second-order valence-corrected chi connectivity index (χ2v) is 4.34. The number of aromatic nitrogens is 2. The molecular formula is C14H17N3O. The molecule has 18 heavy (non-hydrogen) atoms. The minimum Gasteiger partial charge on any atom is -0.350 e. The van der Waals surface area contributed by atoms with E-state index >= 15 is 0 Å². The Bertz CT molecular complexity index is 488. The lowest BCUT2D eigenvalue weighted by atomic mass is 10.1. The fourth-order valence-corrected chi connectivity index (χ4v) is 1.68. The molecule has 94 valence electrons. The van der Waals surface area contributed by atoms with Crippen molar-refractivity contribution in [2.45, 2.75) is 26.3 Å². The highest BCUT2D eigenvalue weighted by molar-refractivity contribution is 5.76. The third-order valence-electron chi connectivity index (χ3n) is 2.79. The topological polar surface area (TPSA) is 57.8 Å². The third kappa shape index (κ3) is 3.73. The summed E-state index contributed by atoms with van der Waals surface area (Å²) < 4.78 is 0. The van der Waals surface area contributed by atoms with Crippen molar-refractivity contribution in [2.75, 3.05) is 0 Å². The number of imidazole rings is 1. The van der Waals surface area contributed by atoms with Gasteiger partial charge >= 0.3 is 0 Å². The van der Waals surface area contributed by atoms with Crippen molar-refractivity contribution < 1.29 is 4.79 Å². The highest BCUT2D eigenvalue weighted by Crippen LogP contribution is 2.05. The monoisotopic (exact) mass is 243 g/mol. The molecule has 0 saturated heterocycles. The first-order valence-corrected chi connectivity index (χ1v) is 6.03. The minimum absolute atomic E-state index is 0.0603. The van der Waals surface area contributed by atoms with E-state index in [1.54, 1.807) is 12.5 Å². The van der Waals surface area contributed by atoms with Crippen LogP contribution in [0, 0.1) is 6.92 Å². The first-order valence-electron chi connectivity index (χ1n) is 6.03. The molecule has 0 radical (unpaired) electrons. The van der Waals surface area contributed by atoms with Gasteiger partial charge in [0.15, 0.2) is 0 Å². The molecule has 4 nitrogen and oxygen atoms in total. The molecule has 1 amide bonds. The fraction of sp³-hybridized carbons (Fsp3) is 0.286. The molecule has 0 aliphatic carbocycles. The van der Waals surface area contributed by atoms with E-state index in [9.17, 15) is 4.79 Å². The van der Waals surface area contributed by atoms with E-state index in [0.717, 1.165) is 12.1 Å². The van der Waals surface area contributed by atoms with E-state index in [1.807, 2.05) is 0 Å². The van der Waals surface area contributed by atoms with Crippen molar-refractivity contribution in [3.8, 4) is 0 Å². The lowest BCUT2D eigenvalue weighted by molar-refractivity contribution is -0.121. The van der Waals surface area contributed by atoms with Crippen LogP contribution in [0.25, 0.3) is 0 Å². The average molecular weight is 243 g/mol. The van der Waals surface area contributed by atoms with Crippen LogP contribution in [0.3, 0.4) is 0 Å². The van der Waals surface area contributed by atoms with Crippen LogP contribution in [0.2, 0.25) is 0 Å². The Labute approximate surface area is 106 Å². The van der Waals surface area contributed by atoms with Crippen LogP contribution < -0.4 is 5.32 Å². The van der Waals surface area contributed by atoms with E-state index < -0.39 is 0 Å². The molecular weight excluding hydrogens is 226 g/mol. The third-order valence-corrected chi connectivity index (χ3v) is 2.79. The van der Waals surface area contributed by atoms with Gasteiger partial charge in [0, 0.05) is 12.6 Å². The van der Waals surface area contributed by atoms with Gasteiger partial charge in [-0.2, -0.15) is 0 Å². The summed E-state index contributed by atoms with van der Waals surface area (Å²) in [5, 5.41) is 2.86. The van der Waals surface area contributed by atoms with Gasteiger partial charge < -0.3 is 10.3 Å². The van der Waals surface area contributed by atoms with E-state index in [2.05, 4.69) is 46.5 Å². The van der Waals surface area contributed by atoms with Crippen LogP contribution in [0.4, 0.5) is 0 Å². The zero-order chi connectivity index (χ0) is 12.8. The molecule has 1 aromatic carbocycles. The lowest BCUT2D eigenvalue weighted by Gasteiger charge is -2.04. The standard InChI is InChI=1S/C14H17N3O/c1-11-2-4-12(5-3-11)6-7-14(18)16-9-13-8-15-10-17-13/h2-5,8,10H,6-7,9H2,1H3,(H,15,17)(H,16,18). The Morgan fingerprint density at radius 3 is 2.78 bits per heavy atom. The maximum atomic E-state index is 11.6. The number of nitrogens with zero attached hydrogens (tertiary/aromatic N) is 1. The zero-order valence-electron chi connectivity index (χ0n) is 10.4. The normalized spacial score (nSPS) is 10.3. The number of aryl methyl sites for hydroxylation is 2. The smallest absolute Gasteiger partial charge is 0.220 e. The number of aromatic amines is 1. The van der Waals surface area contributed by atoms with Gasteiger partial charge in [-0.15, -0.1) is 0 Å². The Morgan fingerprint density at radius 1 is 1.33 bits per heavy atom. The Hall–Kier alpha value is -2.10. The van der Waals surface area contributed by atoms with Crippen LogP contribution in [0.5, 0.6) is 0 Å². The largest absolute Gasteiger partial charge is 0.350 e. The SMILES string of the molecule is Cc1ccc(CCC(=O)NCc2cnc[nH]2)cc1. The van der Waals surface area contributed by atoms with Gasteiger partial charge in [0.25, 0.3) is 0 Å². The number of carbonyl (C=O) groups excluding carboxylic acids is 1. The van der Waals surface area contributed by atoms with Gasteiger partial charge in [-0.1, -0.05) is 29.8 Å².